The molecule has 0 radical (unpaired) electrons. The molecule has 94 valence electrons. The first-order valence-electron chi connectivity index (χ1n) is 6.95. The highest BCUT2D eigenvalue weighted by Gasteiger charge is 2.31. The molecule has 1 saturated carbocycles. The molecular weight excluding hydrogens is 206 g/mol. The molecule has 1 aromatic carbocycles. The van der Waals surface area contributed by atoms with Gasteiger partial charge in [0.1, 0.15) is 0 Å². The van der Waals surface area contributed by atoms with Crippen LogP contribution in [0.4, 0.5) is 0 Å². The Kier molecular flexibility index (Phi) is 3.88. The van der Waals surface area contributed by atoms with Gasteiger partial charge in [-0.15, -0.1) is 0 Å². The lowest BCUT2D eigenvalue weighted by molar-refractivity contribution is 0.152. The number of hydrogen-bond acceptors (Lipinski definition) is 1. The molecule has 1 heteroatoms. The molecule has 0 aliphatic heterocycles. The fraction of sp³-hybridized carbons (Fsp3) is 0.625. The largest absolute Gasteiger partial charge is 0.310 e. The van der Waals surface area contributed by atoms with E-state index in [2.05, 4.69) is 50.4 Å². The number of benzene rings is 1. The Morgan fingerprint density at radius 2 is 1.88 bits per heavy atom. The van der Waals surface area contributed by atoms with Crippen LogP contribution in [0, 0.1) is 5.41 Å². The van der Waals surface area contributed by atoms with E-state index in [4.69, 9.17) is 0 Å². The van der Waals surface area contributed by atoms with E-state index in [1.165, 1.54) is 30.4 Å². The maximum absolute atomic E-state index is 3.68. The van der Waals surface area contributed by atoms with Crippen molar-refractivity contribution in [3.8, 4) is 0 Å². The number of hydrogen-bond donors (Lipinski definition) is 1. The molecule has 17 heavy (non-hydrogen) atoms. The van der Waals surface area contributed by atoms with Gasteiger partial charge in [0, 0.05) is 12.6 Å². The molecule has 1 nitrogen and oxygen atoms in total. The van der Waals surface area contributed by atoms with E-state index in [0.717, 1.165) is 13.0 Å². The van der Waals surface area contributed by atoms with Crippen LogP contribution in [0.3, 0.4) is 0 Å². The van der Waals surface area contributed by atoms with Gasteiger partial charge >= 0.3 is 0 Å². The van der Waals surface area contributed by atoms with E-state index in [0.29, 0.717) is 11.5 Å². The Morgan fingerprint density at radius 3 is 2.35 bits per heavy atom. The molecule has 0 bridgehead atoms. The summed E-state index contributed by atoms with van der Waals surface area (Å²) in [6.45, 7) is 8.02. The lowest BCUT2D eigenvalue weighted by atomic mass is 9.70. The molecule has 1 atom stereocenters. The van der Waals surface area contributed by atoms with Gasteiger partial charge in [-0.1, -0.05) is 44.5 Å². The summed E-state index contributed by atoms with van der Waals surface area (Å²) in [7, 11) is 0. The number of rotatable bonds is 5. The van der Waals surface area contributed by atoms with Gasteiger partial charge in [-0.2, -0.15) is 0 Å². The van der Waals surface area contributed by atoms with Crippen molar-refractivity contribution in [2.75, 3.05) is 6.54 Å². The lowest BCUT2D eigenvalue weighted by Crippen LogP contribution is -2.38. The van der Waals surface area contributed by atoms with E-state index in [-0.39, 0.29) is 0 Å². The summed E-state index contributed by atoms with van der Waals surface area (Å²) >= 11 is 0. The van der Waals surface area contributed by atoms with Crippen molar-refractivity contribution in [1.82, 2.24) is 5.32 Å². The van der Waals surface area contributed by atoms with Crippen LogP contribution < -0.4 is 5.32 Å². The Labute approximate surface area is 106 Å². The third-order valence-corrected chi connectivity index (χ3v) is 4.28. The molecule has 1 unspecified atom stereocenters. The quantitative estimate of drug-likeness (QED) is 0.805. The van der Waals surface area contributed by atoms with E-state index < -0.39 is 0 Å². The maximum Gasteiger partial charge on any atom is 0.0292 e. The van der Waals surface area contributed by atoms with E-state index in [9.17, 15) is 0 Å². The molecule has 1 aromatic rings. The first-order valence-corrected chi connectivity index (χ1v) is 6.95. The minimum atomic E-state index is 0.471. The Balaban J connectivity index is 1.87. The number of aryl methyl sites for hydroxylation is 1. The Morgan fingerprint density at radius 1 is 1.24 bits per heavy atom. The summed E-state index contributed by atoms with van der Waals surface area (Å²) < 4.78 is 0. The first kappa shape index (κ1) is 12.6. The van der Waals surface area contributed by atoms with E-state index >= 15 is 0 Å². The monoisotopic (exact) mass is 231 g/mol. The number of nitrogens with one attached hydrogen (secondary N) is 1. The minimum Gasteiger partial charge on any atom is -0.310 e. The third kappa shape index (κ3) is 3.10. The predicted molar refractivity (Wildman–Crippen MR) is 74.2 cm³/mol. The lowest BCUT2D eigenvalue weighted by Gasteiger charge is -2.39. The van der Waals surface area contributed by atoms with Gasteiger partial charge in [0.25, 0.3) is 0 Å². The van der Waals surface area contributed by atoms with Crippen LogP contribution in [0.25, 0.3) is 0 Å². The minimum absolute atomic E-state index is 0.471. The second kappa shape index (κ2) is 5.22. The molecule has 1 N–H and O–H groups in total. The zero-order chi connectivity index (χ0) is 12.3. The average molecular weight is 231 g/mol. The summed E-state index contributed by atoms with van der Waals surface area (Å²) in [4.78, 5) is 0. The fourth-order valence-corrected chi connectivity index (χ4v) is 2.52. The van der Waals surface area contributed by atoms with Gasteiger partial charge < -0.3 is 5.32 Å². The zero-order valence-corrected chi connectivity index (χ0v) is 11.4. The summed E-state index contributed by atoms with van der Waals surface area (Å²) in [5, 5.41) is 3.68. The highest BCUT2D eigenvalue weighted by atomic mass is 14.9. The summed E-state index contributed by atoms with van der Waals surface area (Å²) in [5.41, 5.74) is 3.40. The molecule has 0 saturated heterocycles. The molecular formula is C16H25N. The molecule has 0 amide bonds. The smallest absolute Gasteiger partial charge is 0.0292 e. The first-order chi connectivity index (χ1) is 8.13. The van der Waals surface area contributed by atoms with E-state index in [1.54, 1.807) is 0 Å². The average Bonchev–Trinajstić information content (AvgIpc) is 2.33. The van der Waals surface area contributed by atoms with Gasteiger partial charge in [0.15, 0.2) is 0 Å². The predicted octanol–water partition coefficient (Wildman–Crippen LogP) is 4.09. The van der Waals surface area contributed by atoms with Gasteiger partial charge in [0.2, 0.25) is 0 Å². The molecule has 0 aromatic heterocycles. The third-order valence-electron chi connectivity index (χ3n) is 4.28. The van der Waals surface area contributed by atoms with Gasteiger partial charge in [0.05, 0.1) is 0 Å². The van der Waals surface area contributed by atoms with Crippen LogP contribution >= 0.6 is 0 Å². The molecule has 0 spiro atoms. The SMILES string of the molecule is CCc1ccc(C(C)NCC2(C)CCC2)cc1. The van der Waals surface area contributed by atoms with Gasteiger partial charge in [-0.25, -0.2) is 0 Å². The van der Waals surface area contributed by atoms with Gasteiger partial charge in [-0.3, -0.25) is 0 Å². The highest BCUT2D eigenvalue weighted by molar-refractivity contribution is 5.24. The Bertz CT molecular complexity index is 348. The second-order valence-electron chi connectivity index (χ2n) is 5.86. The van der Waals surface area contributed by atoms with Crippen molar-refractivity contribution in [3.63, 3.8) is 0 Å². The molecule has 0 heterocycles. The summed E-state index contributed by atoms with van der Waals surface area (Å²) in [6, 6.07) is 9.49. The van der Waals surface area contributed by atoms with Crippen molar-refractivity contribution in [2.45, 2.75) is 52.5 Å². The molecule has 1 aliphatic rings. The van der Waals surface area contributed by atoms with Crippen LogP contribution in [-0.4, -0.2) is 6.54 Å². The van der Waals surface area contributed by atoms with Crippen molar-refractivity contribution < 1.29 is 0 Å². The van der Waals surface area contributed by atoms with Crippen LogP contribution in [0.5, 0.6) is 0 Å². The van der Waals surface area contributed by atoms with Crippen molar-refractivity contribution >= 4 is 0 Å². The standard InChI is InChI=1S/C16H25N/c1-4-14-6-8-15(9-7-14)13(2)17-12-16(3)10-5-11-16/h6-9,13,17H,4-5,10-12H2,1-3H3. The van der Waals surface area contributed by atoms with E-state index in [1.807, 2.05) is 0 Å². The summed E-state index contributed by atoms with van der Waals surface area (Å²) in [6.07, 6.45) is 5.32. The van der Waals surface area contributed by atoms with Crippen molar-refractivity contribution in [1.29, 1.82) is 0 Å². The zero-order valence-electron chi connectivity index (χ0n) is 11.4. The second-order valence-corrected chi connectivity index (χ2v) is 5.86. The van der Waals surface area contributed by atoms with Crippen LogP contribution in [-0.2, 0) is 6.42 Å². The van der Waals surface area contributed by atoms with Crippen molar-refractivity contribution in [2.24, 2.45) is 5.41 Å². The topological polar surface area (TPSA) is 12.0 Å². The van der Waals surface area contributed by atoms with Crippen LogP contribution in [0.2, 0.25) is 0 Å². The maximum atomic E-state index is 3.68. The molecule has 1 aliphatic carbocycles. The van der Waals surface area contributed by atoms with Crippen molar-refractivity contribution in [3.05, 3.63) is 35.4 Å². The van der Waals surface area contributed by atoms with Crippen LogP contribution in [0.15, 0.2) is 24.3 Å². The molecule has 2 rings (SSSR count). The molecule has 1 fully saturated rings. The normalized spacial score (nSPS) is 19.7. The summed E-state index contributed by atoms with van der Waals surface area (Å²) in [5.74, 6) is 0. The van der Waals surface area contributed by atoms with Gasteiger partial charge in [-0.05, 0) is 42.7 Å². The van der Waals surface area contributed by atoms with Crippen LogP contribution in [0.1, 0.15) is 57.2 Å². The fourth-order valence-electron chi connectivity index (χ4n) is 2.52. The highest BCUT2D eigenvalue weighted by Crippen LogP contribution is 2.39. The Hall–Kier alpha value is -0.820.